The highest BCUT2D eigenvalue weighted by Crippen LogP contribution is 2.11. The maximum atomic E-state index is 12.0. The molecule has 0 aliphatic heterocycles. The lowest BCUT2D eigenvalue weighted by Gasteiger charge is -2.08. The number of ether oxygens (including phenoxy) is 3. The summed E-state index contributed by atoms with van der Waals surface area (Å²) in [5.74, 6) is -0.843. The Morgan fingerprint density at radius 3 is 2.19 bits per heavy atom. The Labute approximate surface area is 157 Å². The second-order valence-electron chi connectivity index (χ2n) is 5.36. The highest BCUT2D eigenvalue weighted by Gasteiger charge is 2.10. The van der Waals surface area contributed by atoms with E-state index < -0.39 is 17.8 Å². The average molecular weight is 371 g/mol. The summed E-state index contributed by atoms with van der Waals surface area (Å²) in [4.78, 5) is 35.3. The van der Waals surface area contributed by atoms with Crippen molar-refractivity contribution in [3.63, 3.8) is 0 Å². The molecule has 1 amide bonds. The van der Waals surface area contributed by atoms with Gasteiger partial charge in [-0.15, -0.1) is 0 Å². The number of rotatable bonds is 9. The van der Waals surface area contributed by atoms with E-state index in [0.29, 0.717) is 23.5 Å². The molecule has 0 aliphatic carbocycles. The molecule has 0 bridgehead atoms. The van der Waals surface area contributed by atoms with Gasteiger partial charge in [0.1, 0.15) is 25.5 Å². The fraction of sp³-hybridized carbons (Fsp3) is 0.250. The van der Waals surface area contributed by atoms with Crippen molar-refractivity contribution in [3.05, 3.63) is 65.7 Å². The molecule has 0 unspecified atom stereocenters. The molecule has 0 heterocycles. The molecule has 0 spiro atoms. The highest BCUT2D eigenvalue weighted by molar-refractivity contribution is 5.96. The molecular weight excluding hydrogens is 350 g/mol. The van der Waals surface area contributed by atoms with E-state index in [9.17, 15) is 14.4 Å². The monoisotopic (exact) mass is 371 g/mol. The van der Waals surface area contributed by atoms with Gasteiger partial charge in [-0.25, -0.2) is 4.79 Å². The number of esters is 2. The van der Waals surface area contributed by atoms with Crippen LogP contribution in [0.15, 0.2) is 54.6 Å². The zero-order valence-corrected chi connectivity index (χ0v) is 15.0. The van der Waals surface area contributed by atoms with Crippen LogP contribution in [0.5, 0.6) is 5.75 Å². The number of hydrogen-bond acceptors (Lipinski definition) is 6. The van der Waals surface area contributed by atoms with Gasteiger partial charge < -0.3 is 19.5 Å². The molecule has 0 atom stereocenters. The lowest BCUT2D eigenvalue weighted by atomic mass is 10.2. The van der Waals surface area contributed by atoms with Gasteiger partial charge in [-0.1, -0.05) is 18.2 Å². The van der Waals surface area contributed by atoms with E-state index in [1.807, 2.05) is 6.92 Å². The van der Waals surface area contributed by atoms with Crippen LogP contribution in [0.25, 0.3) is 0 Å². The summed E-state index contributed by atoms with van der Waals surface area (Å²) in [5, 5.41) is 2.46. The first-order valence-electron chi connectivity index (χ1n) is 8.49. The van der Waals surface area contributed by atoms with Crippen LogP contribution in [0.4, 0.5) is 0 Å². The number of amides is 1. The van der Waals surface area contributed by atoms with Gasteiger partial charge in [-0.2, -0.15) is 0 Å². The van der Waals surface area contributed by atoms with Gasteiger partial charge in [0.2, 0.25) is 0 Å². The smallest absolute Gasteiger partial charge is 0.338 e. The molecule has 2 rings (SSSR count). The predicted molar refractivity (Wildman–Crippen MR) is 97.6 cm³/mol. The van der Waals surface area contributed by atoms with Gasteiger partial charge in [0.05, 0.1) is 12.2 Å². The average Bonchev–Trinajstić information content (AvgIpc) is 2.70. The van der Waals surface area contributed by atoms with Crippen molar-refractivity contribution in [1.82, 2.24) is 5.32 Å². The Morgan fingerprint density at radius 1 is 0.852 bits per heavy atom. The molecule has 0 fully saturated rings. The second-order valence-corrected chi connectivity index (χ2v) is 5.36. The Bertz CT molecular complexity index is 758. The number of carbonyl (C=O) groups is 3. The summed E-state index contributed by atoms with van der Waals surface area (Å²) >= 11 is 0. The van der Waals surface area contributed by atoms with Gasteiger partial charge in [0.15, 0.2) is 0 Å². The SMILES string of the molecule is CCOc1ccc(C(=O)NCC(=O)OCCOC(=O)c2ccccc2)cc1. The summed E-state index contributed by atoms with van der Waals surface area (Å²) < 4.78 is 15.2. The Morgan fingerprint density at radius 2 is 1.52 bits per heavy atom. The zero-order valence-electron chi connectivity index (χ0n) is 15.0. The van der Waals surface area contributed by atoms with E-state index in [1.54, 1.807) is 54.6 Å². The molecule has 1 N–H and O–H groups in total. The standard InChI is InChI=1S/C20H21NO6/c1-2-25-17-10-8-15(9-11-17)19(23)21-14-18(22)26-12-13-27-20(24)16-6-4-3-5-7-16/h3-11H,2,12-14H2,1H3,(H,21,23). The Balaban J connectivity index is 1.64. The summed E-state index contributed by atoms with van der Waals surface area (Å²) in [6.45, 7) is 1.98. The van der Waals surface area contributed by atoms with Crippen LogP contribution >= 0.6 is 0 Å². The quantitative estimate of drug-likeness (QED) is 0.537. The maximum absolute atomic E-state index is 12.0. The highest BCUT2D eigenvalue weighted by atomic mass is 16.6. The van der Waals surface area contributed by atoms with Gasteiger partial charge in [-0.05, 0) is 43.3 Å². The van der Waals surface area contributed by atoms with E-state index in [-0.39, 0.29) is 19.8 Å². The van der Waals surface area contributed by atoms with E-state index in [2.05, 4.69) is 5.32 Å². The number of carbonyl (C=O) groups excluding carboxylic acids is 3. The van der Waals surface area contributed by atoms with Crippen molar-refractivity contribution in [1.29, 1.82) is 0 Å². The topological polar surface area (TPSA) is 90.9 Å². The van der Waals surface area contributed by atoms with E-state index >= 15 is 0 Å². The van der Waals surface area contributed by atoms with Crippen LogP contribution in [0, 0.1) is 0 Å². The predicted octanol–water partition coefficient (Wildman–Crippen LogP) is 2.22. The molecule has 2 aromatic carbocycles. The molecule has 0 saturated heterocycles. The van der Waals surface area contributed by atoms with Crippen LogP contribution in [0.2, 0.25) is 0 Å². The van der Waals surface area contributed by atoms with Gasteiger partial charge in [0.25, 0.3) is 5.91 Å². The molecule has 0 saturated carbocycles. The fourth-order valence-electron chi connectivity index (χ4n) is 2.12. The number of hydrogen-bond donors (Lipinski definition) is 1. The molecule has 0 radical (unpaired) electrons. The van der Waals surface area contributed by atoms with Crippen molar-refractivity contribution >= 4 is 17.8 Å². The van der Waals surface area contributed by atoms with Crippen LogP contribution < -0.4 is 10.1 Å². The minimum Gasteiger partial charge on any atom is -0.494 e. The second kappa shape index (κ2) is 10.6. The first kappa shape index (κ1) is 20.0. The van der Waals surface area contributed by atoms with E-state index in [0.717, 1.165) is 0 Å². The van der Waals surface area contributed by atoms with Crippen molar-refractivity contribution < 1.29 is 28.6 Å². The molecule has 7 nitrogen and oxygen atoms in total. The first-order valence-corrected chi connectivity index (χ1v) is 8.49. The zero-order chi connectivity index (χ0) is 19.5. The van der Waals surface area contributed by atoms with Crippen molar-refractivity contribution in [3.8, 4) is 5.75 Å². The summed E-state index contributed by atoms with van der Waals surface area (Å²) in [7, 11) is 0. The minimum atomic E-state index is -0.620. The Kier molecular flexibility index (Phi) is 7.84. The third-order valence-electron chi connectivity index (χ3n) is 3.41. The lowest BCUT2D eigenvalue weighted by Crippen LogP contribution is -2.31. The van der Waals surface area contributed by atoms with Crippen LogP contribution in [-0.2, 0) is 14.3 Å². The maximum Gasteiger partial charge on any atom is 0.338 e. The molecule has 27 heavy (non-hydrogen) atoms. The molecular formula is C20H21NO6. The fourth-order valence-corrected chi connectivity index (χ4v) is 2.12. The summed E-state index contributed by atoms with van der Waals surface area (Å²) in [6, 6.07) is 15.1. The van der Waals surface area contributed by atoms with E-state index in [1.165, 1.54) is 0 Å². The van der Waals surface area contributed by atoms with Crippen molar-refractivity contribution in [2.45, 2.75) is 6.92 Å². The largest absolute Gasteiger partial charge is 0.494 e. The normalized spacial score (nSPS) is 9.96. The number of nitrogens with one attached hydrogen (secondary N) is 1. The van der Waals surface area contributed by atoms with Crippen LogP contribution in [0.3, 0.4) is 0 Å². The Hall–Kier alpha value is -3.35. The van der Waals surface area contributed by atoms with Gasteiger partial charge in [0, 0.05) is 5.56 Å². The molecule has 7 heteroatoms. The lowest BCUT2D eigenvalue weighted by molar-refractivity contribution is -0.143. The van der Waals surface area contributed by atoms with Crippen LogP contribution in [-0.4, -0.2) is 44.2 Å². The van der Waals surface area contributed by atoms with E-state index in [4.69, 9.17) is 14.2 Å². The molecule has 142 valence electrons. The van der Waals surface area contributed by atoms with Crippen molar-refractivity contribution in [2.75, 3.05) is 26.4 Å². The van der Waals surface area contributed by atoms with Gasteiger partial charge in [-0.3, -0.25) is 9.59 Å². The molecule has 0 aliphatic rings. The molecule has 2 aromatic rings. The minimum absolute atomic E-state index is 0.0632. The third-order valence-corrected chi connectivity index (χ3v) is 3.41. The van der Waals surface area contributed by atoms with Crippen LogP contribution in [0.1, 0.15) is 27.6 Å². The molecule has 0 aromatic heterocycles. The first-order chi connectivity index (χ1) is 13.1. The van der Waals surface area contributed by atoms with Crippen molar-refractivity contribution in [2.24, 2.45) is 0 Å². The third kappa shape index (κ3) is 6.81. The summed E-state index contributed by atoms with van der Waals surface area (Å²) in [6.07, 6.45) is 0. The number of benzene rings is 2. The van der Waals surface area contributed by atoms with Gasteiger partial charge >= 0.3 is 11.9 Å². The summed E-state index contributed by atoms with van der Waals surface area (Å²) in [5.41, 5.74) is 0.828.